The molecule has 19 heavy (non-hydrogen) atoms. The summed E-state index contributed by atoms with van der Waals surface area (Å²) in [5.41, 5.74) is 2.31. The van der Waals surface area contributed by atoms with Crippen LogP contribution in [-0.2, 0) is 0 Å². The van der Waals surface area contributed by atoms with Gasteiger partial charge in [0.25, 0.3) is 0 Å². The monoisotopic (exact) mass is 294 g/mol. The van der Waals surface area contributed by atoms with Crippen LogP contribution >= 0.6 is 23.2 Å². The largest absolute Gasteiger partial charge is 0.423 e. The molecule has 0 unspecified atom stereocenters. The van der Waals surface area contributed by atoms with Gasteiger partial charge in [0.05, 0.1) is 10.6 Å². The van der Waals surface area contributed by atoms with E-state index in [1.54, 1.807) is 18.2 Å². The Labute approximate surface area is 121 Å². The lowest BCUT2D eigenvalue weighted by atomic mass is 10.1. The Kier molecular flexibility index (Phi) is 4.13. The normalized spacial score (nSPS) is 10.3. The molecule has 0 saturated heterocycles. The standard InChI is InChI=1S/C15H12Cl2O2/c1-9-3-6-14(10(2)7-9)19-15(18)12-5-4-11(16)8-13(12)17/h3-8H,1-2H3. The molecular formula is C15H12Cl2O2. The Morgan fingerprint density at radius 1 is 1.05 bits per heavy atom. The van der Waals surface area contributed by atoms with Crippen molar-refractivity contribution in [2.24, 2.45) is 0 Å². The minimum atomic E-state index is -0.492. The summed E-state index contributed by atoms with van der Waals surface area (Å²) in [5.74, 6) is 0.0373. The number of ether oxygens (including phenoxy) is 1. The average molecular weight is 295 g/mol. The third-order valence-corrected chi connectivity index (χ3v) is 3.23. The highest BCUT2D eigenvalue weighted by Gasteiger charge is 2.14. The Balaban J connectivity index is 2.25. The van der Waals surface area contributed by atoms with E-state index >= 15 is 0 Å². The summed E-state index contributed by atoms with van der Waals surface area (Å²) >= 11 is 11.8. The summed E-state index contributed by atoms with van der Waals surface area (Å²) in [6, 6.07) is 10.3. The van der Waals surface area contributed by atoms with Crippen LogP contribution in [0.3, 0.4) is 0 Å². The van der Waals surface area contributed by atoms with Gasteiger partial charge in [-0.25, -0.2) is 4.79 Å². The van der Waals surface area contributed by atoms with E-state index in [-0.39, 0.29) is 5.02 Å². The van der Waals surface area contributed by atoms with Gasteiger partial charge in [0.2, 0.25) is 0 Å². The number of benzene rings is 2. The number of halogens is 2. The summed E-state index contributed by atoms with van der Waals surface area (Å²) in [6.07, 6.45) is 0. The van der Waals surface area contributed by atoms with Crippen molar-refractivity contribution in [3.05, 3.63) is 63.1 Å². The highest BCUT2D eigenvalue weighted by molar-refractivity contribution is 6.36. The van der Waals surface area contributed by atoms with E-state index in [0.29, 0.717) is 16.3 Å². The Morgan fingerprint density at radius 2 is 1.79 bits per heavy atom. The summed E-state index contributed by atoms with van der Waals surface area (Å²) < 4.78 is 5.34. The van der Waals surface area contributed by atoms with Gasteiger partial charge in [-0.2, -0.15) is 0 Å². The van der Waals surface area contributed by atoms with Crippen LogP contribution in [-0.4, -0.2) is 5.97 Å². The van der Waals surface area contributed by atoms with Gasteiger partial charge in [-0.3, -0.25) is 0 Å². The van der Waals surface area contributed by atoms with Crippen LogP contribution in [0.25, 0.3) is 0 Å². The van der Waals surface area contributed by atoms with Gasteiger partial charge < -0.3 is 4.74 Å². The number of aryl methyl sites for hydroxylation is 2. The lowest BCUT2D eigenvalue weighted by Crippen LogP contribution is -2.10. The molecule has 0 aliphatic rings. The second-order valence-electron chi connectivity index (χ2n) is 4.28. The van der Waals surface area contributed by atoms with Gasteiger partial charge in [0, 0.05) is 5.02 Å². The summed E-state index contributed by atoms with van der Waals surface area (Å²) in [6.45, 7) is 3.87. The molecular weight excluding hydrogens is 283 g/mol. The maximum atomic E-state index is 12.0. The lowest BCUT2D eigenvalue weighted by molar-refractivity contribution is 0.0733. The van der Waals surface area contributed by atoms with E-state index in [4.69, 9.17) is 27.9 Å². The van der Waals surface area contributed by atoms with Crippen molar-refractivity contribution in [1.29, 1.82) is 0 Å². The maximum Gasteiger partial charge on any atom is 0.345 e. The third-order valence-electron chi connectivity index (χ3n) is 2.68. The zero-order valence-corrected chi connectivity index (χ0v) is 12.0. The number of hydrogen-bond acceptors (Lipinski definition) is 2. The molecule has 0 heterocycles. The van der Waals surface area contributed by atoms with Crippen molar-refractivity contribution >= 4 is 29.2 Å². The third kappa shape index (κ3) is 3.28. The van der Waals surface area contributed by atoms with E-state index in [9.17, 15) is 4.79 Å². The SMILES string of the molecule is Cc1ccc(OC(=O)c2ccc(Cl)cc2Cl)c(C)c1. The minimum absolute atomic E-state index is 0.280. The van der Waals surface area contributed by atoms with E-state index in [1.807, 2.05) is 26.0 Å². The minimum Gasteiger partial charge on any atom is -0.423 e. The van der Waals surface area contributed by atoms with E-state index in [0.717, 1.165) is 11.1 Å². The Morgan fingerprint density at radius 3 is 2.42 bits per heavy atom. The molecule has 0 aliphatic heterocycles. The van der Waals surface area contributed by atoms with Crippen molar-refractivity contribution in [2.75, 3.05) is 0 Å². The van der Waals surface area contributed by atoms with Crippen molar-refractivity contribution in [3.8, 4) is 5.75 Å². The van der Waals surface area contributed by atoms with Gasteiger partial charge in [0.1, 0.15) is 5.75 Å². The molecule has 4 heteroatoms. The molecule has 98 valence electrons. The number of carbonyl (C=O) groups excluding carboxylic acids is 1. The topological polar surface area (TPSA) is 26.3 Å². The second-order valence-corrected chi connectivity index (χ2v) is 5.13. The average Bonchev–Trinajstić information content (AvgIpc) is 2.32. The molecule has 2 rings (SSSR count). The van der Waals surface area contributed by atoms with Crippen molar-refractivity contribution in [3.63, 3.8) is 0 Å². The highest BCUT2D eigenvalue weighted by Crippen LogP contribution is 2.24. The molecule has 0 aliphatic carbocycles. The molecule has 0 atom stereocenters. The van der Waals surface area contributed by atoms with Gasteiger partial charge in [-0.1, -0.05) is 40.9 Å². The molecule has 2 nitrogen and oxygen atoms in total. The van der Waals surface area contributed by atoms with Crippen molar-refractivity contribution in [1.82, 2.24) is 0 Å². The van der Waals surface area contributed by atoms with Crippen LogP contribution in [0.15, 0.2) is 36.4 Å². The van der Waals surface area contributed by atoms with E-state index in [1.165, 1.54) is 6.07 Å². The smallest absolute Gasteiger partial charge is 0.345 e. The molecule has 0 amide bonds. The number of esters is 1. The van der Waals surface area contributed by atoms with Gasteiger partial charge in [-0.05, 0) is 43.7 Å². The zero-order chi connectivity index (χ0) is 14.0. The van der Waals surface area contributed by atoms with Crippen molar-refractivity contribution < 1.29 is 9.53 Å². The van der Waals surface area contributed by atoms with Gasteiger partial charge in [0.15, 0.2) is 0 Å². The fraction of sp³-hybridized carbons (Fsp3) is 0.133. The van der Waals surface area contributed by atoms with E-state index < -0.39 is 5.97 Å². The Bertz CT molecular complexity index is 636. The molecule has 0 saturated carbocycles. The van der Waals surface area contributed by atoms with Crippen LogP contribution in [0.2, 0.25) is 10.0 Å². The van der Waals surface area contributed by atoms with E-state index in [2.05, 4.69) is 0 Å². The fourth-order valence-electron chi connectivity index (χ4n) is 1.72. The Hall–Kier alpha value is -1.51. The zero-order valence-electron chi connectivity index (χ0n) is 10.5. The highest BCUT2D eigenvalue weighted by atomic mass is 35.5. The molecule has 0 spiro atoms. The summed E-state index contributed by atoms with van der Waals surface area (Å²) in [7, 11) is 0. The van der Waals surface area contributed by atoms with Crippen LogP contribution < -0.4 is 4.74 Å². The first-order valence-corrected chi connectivity index (χ1v) is 6.47. The van der Waals surface area contributed by atoms with Crippen LogP contribution in [0, 0.1) is 13.8 Å². The van der Waals surface area contributed by atoms with Crippen LogP contribution in [0.1, 0.15) is 21.5 Å². The molecule has 2 aromatic rings. The first kappa shape index (κ1) is 13.9. The molecule has 0 bridgehead atoms. The summed E-state index contributed by atoms with van der Waals surface area (Å²) in [5, 5.41) is 0.760. The molecule has 2 aromatic carbocycles. The lowest BCUT2D eigenvalue weighted by Gasteiger charge is -2.09. The number of rotatable bonds is 2. The molecule has 0 radical (unpaired) electrons. The molecule has 0 aromatic heterocycles. The van der Waals surface area contributed by atoms with Gasteiger partial charge >= 0.3 is 5.97 Å². The quantitative estimate of drug-likeness (QED) is 0.586. The second kappa shape index (κ2) is 5.64. The number of carbonyl (C=O) groups is 1. The first-order valence-electron chi connectivity index (χ1n) is 5.72. The predicted molar refractivity (Wildman–Crippen MR) is 77.3 cm³/mol. The van der Waals surface area contributed by atoms with Crippen LogP contribution in [0.5, 0.6) is 5.75 Å². The maximum absolute atomic E-state index is 12.0. The molecule has 0 fully saturated rings. The molecule has 0 N–H and O–H groups in total. The number of hydrogen-bond donors (Lipinski definition) is 0. The first-order chi connectivity index (χ1) is 8.97. The predicted octanol–water partition coefficient (Wildman–Crippen LogP) is 4.83. The fourth-order valence-corrected chi connectivity index (χ4v) is 2.21. The van der Waals surface area contributed by atoms with Crippen molar-refractivity contribution in [2.45, 2.75) is 13.8 Å². The van der Waals surface area contributed by atoms with Gasteiger partial charge in [-0.15, -0.1) is 0 Å². The van der Waals surface area contributed by atoms with Crippen LogP contribution in [0.4, 0.5) is 0 Å². The summed E-state index contributed by atoms with van der Waals surface area (Å²) in [4.78, 5) is 12.0.